The summed E-state index contributed by atoms with van der Waals surface area (Å²) in [5, 5.41) is 0. The van der Waals surface area contributed by atoms with Crippen molar-refractivity contribution in [3.05, 3.63) is 27.9 Å². The Morgan fingerprint density at radius 1 is 1.57 bits per heavy atom. The van der Waals surface area contributed by atoms with Gasteiger partial charge in [0.15, 0.2) is 0 Å². The molecular formula is C10H13N3O. The highest BCUT2D eigenvalue weighted by molar-refractivity contribution is 5.27. The summed E-state index contributed by atoms with van der Waals surface area (Å²) in [6.07, 6.45) is 5.15. The zero-order chi connectivity index (χ0) is 9.71. The van der Waals surface area contributed by atoms with E-state index < -0.39 is 0 Å². The van der Waals surface area contributed by atoms with Crippen molar-refractivity contribution >= 4 is 0 Å². The molecule has 2 aliphatic heterocycles. The van der Waals surface area contributed by atoms with E-state index >= 15 is 0 Å². The van der Waals surface area contributed by atoms with E-state index in [4.69, 9.17) is 0 Å². The van der Waals surface area contributed by atoms with Gasteiger partial charge in [0.2, 0.25) is 0 Å². The molecule has 0 saturated carbocycles. The number of fused-ring (bicyclic) bond motifs is 4. The third-order valence-electron chi connectivity index (χ3n) is 3.57. The average molecular weight is 191 g/mol. The fourth-order valence-electron chi connectivity index (χ4n) is 2.76. The predicted octanol–water partition coefficient (Wildman–Crippen LogP) is 0.461. The lowest BCUT2D eigenvalue weighted by Gasteiger charge is -2.32. The highest BCUT2D eigenvalue weighted by Crippen LogP contribution is 2.40. The molecule has 3 heterocycles. The van der Waals surface area contributed by atoms with Crippen LogP contribution in [0.3, 0.4) is 0 Å². The predicted molar refractivity (Wildman–Crippen MR) is 52.1 cm³/mol. The second-order valence-electron chi connectivity index (χ2n) is 4.24. The summed E-state index contributed by atoms with van der Waals surface area (Å²) >= 11 is 0. The van der Waals surface area contributed by atoms with Crippen LogP contribution in [-0.4, -0.2) is 28.0 Å². The summed E-state index contributed by atoms with van der Waals surface area (Å²) < 4.78 is 0. The lowest BCUT2D eigenvalue weighted by molar-refractivity contribution is 0.221. The first-order valence-corrected chi connectivity index (χ1v) is 5.06. The van der Waals surface area contributed by atoms with Gasteiger partial charge in [-0.05, 0) is 19.9 Å². The van der Waals surface area contributed by atoms with Gasteiger partial charge < -0.3 is 4.98 Å². The van der Waals surface area contributed by atoms with E-state index in [1.165, 1.54) is 18.4 Å². The minimum absolute atomic E-state index is 0.215. The molecule has 14 heavy (non-hydrogen) atoms. The summed E-state index contributed by atoms with van der Waals surface area (Å²) in [6.45, 7) is 0. The van der Waals surface area contributed by atoms with E-state index in [-0.39, 0.29) is 5.69 Å². The van der Waals surface area contributed by atoms with E-state index in [9.17, 15) is 4.79 Å². The van der Waals surface area contributed by atoms with Gasteiger partial charge in [0.1, 0.15) is 0 Å². The second-order valence-corrected chi connectivity index (χ2v) is 4.24. The molecule has 2 bridgehead atoms. The van der Waals surface area contributed by atoms with Gasteiger partial charge in [-0.25, -0.2) is 9.78 Å². The first kappa shape index (κ1) is 8.17. The van der Waals surface area contributed by atoms with Gasteiger partial charge in [-0.3, -0.25) is 4.90 Å². The standard InChI is InChI=1S/C10H13N3O/c1-13-6-2-3-9(13)7-5-11-10(14)12-8(7)4-6/h5-6,9H,2-4H2,1H3,(H,11,12,14)/t6-,9+/m1/s1. The van der Waals surface area contributed by atoms with Gasteiger partial charge in [0, 0.05) is 36.0 Å². The Labute approximate surface area is 82.0 Å². The molecule has 3 rings (SSSR count). The van der Waals surface area contributed by atoms with Gasteiger partial charge in [0.05, 0.1) is 0 Å². The summed E-state index contributed by atoms with van der Waals surface area (Å²) in [7, 11) is 2.16. The van der Waals surface area contributed by atoms with Crippen LogP contribution in [0.15, 0.2) is 11.0 Å². The quantitative estimate of drug-likeness (QED) is 0.648. The molecule has 0 unspecified atom stereocenters. The lowest BCUT2D eigenvalue weighted by Crippen LogP contribution is -2.36. The Kier molecular flexibility index (Phi) is 1.56. The normalized spacial score (nSPS) is 30.4. The zero-order valence-corrected chi connectivity index (χ0v) is 8.16. The van der Waals surface area contributed by atoms with E-state index in [1.54, 1.807) is 6.20 Å². The summed E-state index contributed by atoms with van der Waals surface area (Å²) in [5.74, 6) is 0. The maximum absolute atomic E-state index is 11.1. The molecule has 2 atom stereocenters. The number of hydrogen-bond acceptors (Lipinski definition) is 3. The maximum atomic E-state index is 11.1. The molecule has 0 radical (unpaired) electrons. The Hall–Kier alpha value is -1.16. The number of likely N-dealkylation sites (N-methyl/N-ethyl adjacent to an activating group) is 1. The molecule has 74 valence electrons. The highest BCUT2D eigenvalue weighted by Gasteiger charge is 2.37. The molecule has 1 fully saturated rings. The molecule has 4 heteroatoms. The smallest absolute Gasteiger partial charge is 0.309 e. The summed E-state index contributed by atoms with van der Waals surface area (Å²) in [6, 6.07) is 1.10. The molecule has 1 aromatic rings. The van der Waals surface area contributed by atoms with Gasteiger partial charge in [-0.1, -0.05) is 0 Å². The zero-order valence-electron chi connectivity index (χ0n) is 8.16. The number of H-pyrrole nitrogens is 1. The van der Waals surface area contributed by atoms with Crippen LogP contribution in [0.25, 0.3) is 0 Å². The van der Waals surface area contributed by atoms with Crippen molar-refractivity contribution in [3.8, 4) is 0 Å². The first-order valence-electron chi connectivity index (χ1n) is 5.06. The second kappa shape index (κ2) is 2.67. The van der Waals surface area contributed by atoms with Gasteiger partial charge in [0.25, 0.3) is 0 Å². The van der Waals surface area contributed by atoms with Crippen LogP contribution in [0.1, 0.15) is 30.1 Å². The minimum atomic E-state index is -0.215. The van der Waals surface area contributed by atoms with Gasteiger partial charge in [-0.15, -0.1) is 0 Å². The van der Waals surface area contributed by atoms with Gasteiger partial charge in [-0.2, -0.15) is 0 Å². The van der Waals surface area contributed by atoms with E-state index in [1.807, 2.05) is 0 Å². The molecule has 0 spiro atoms. The molecule has 2 aliphatic rings. The topological polar surface area (TPSA) is 49.0 Å². The molecule has 1 aromatic heterocycles. The van der Waals surface area contributed by atoms with E-state index in [2.05, 4.69) is 21.9 Å². The first-order chi connectivity index (χ1) is 6.75. The molecule has 4 nitrogen and oxygen atoms in total. The Balaban J connectivity index is 2.16. The largest absolute Gasteiger partial charge is 0.345 e. The monoisotopic (exact) mass is 191 g/mol. The maximum Gasteiger partial charge on any atom is 0.345 e. The Bertz CT molecular complexity index is 426. The van der Waals surface area contributed by atoms with Crippen molar-refractivity contribution in [1.29, 1.82) is 0 Å². The van der Waals surface area contributed by atoms with Crippen molar-refractivity contribution < 1.29 is 0 Å². The molecule has 0 aromatic carbocycles. The van der Waals surface area contributed by atoms with Crippen molar-refractivity contribution in [2.45, 2.75) is 31.3 Å². The number of aromatic amines is 1. The van der Waals surface area contributed by atoms with Crippen LogP contribution in [0.4, 0.5) is 0 Å². The van der Waals surface area contributed by atoms with Crippen molar-refractivity contribution in [2.24, 2.45) is 0 Å². The third kappa shape index (κ3) is 0.973. The molecule has 1 N–H and O–H groups in total. The Morgan fingerprint density at radius 3 is 3.29 bits per heavy atom. The summed E-state index contributed by atoms with van der Waals surface area (Å²) in [5.41, 5.74) is 2.11. The highest BCUT2D eigenvalue weighted by atomic mass is 16.1. The minimum Gasteiger partial charge on any atom is -0.309 e. The Morgan fingerprint density at radius 2 is 2.43 bits per heavy atom. The van der Waals surface area contributed by atoms with Crippen LogP contribution in [0.2, 0.25) is 0 Å². The number of aromatic nitrogens is 2. The number of rotatable bonds is 0. The SMILES string of the molecule is CN1[C@@H]2CC[C@H]1c1cnc(=O)[nH]c1C2. The lowest BCUT2D eigenvalue weighted by atomic mass is 10.0. The third-order valence-corrected chi connectivity index (χ3v) is 3.57. The van der Waals surface area contributed by atoms with Crippen LogP contribution in [-0.2, 0) is 6.42 Å². The fourth-order valence-corrected chi connectivity index (χ4v) is 2.76. The fraction of sp³-hybridized carbons (Fsp3) is 0.600. The van der Waals surface area contributed by atoms with E-state index in [0.29, 0.717) is 12.1 Å². The average Bonchev–Trinajstić information content (AvgIpc) is 2.44. The van der Waals surface area contributed by atoms with Crippen LogP contribution in [0.5, 0.6) is 0 Å². The molecular weight excluding hydrogens is 178 g/mol. The van der Waals surface area contributed by atoms with Crippen molar-refractivity contribution in [1.82, 2.24) is 14.9 Å². The molecule has 0 amide bonds. The van der Waals surface area contributed by atoms with Crippen molar-refractivity contribution in [2.75, 3.05) is 7.05 Å². The molecule has 1 saturated heterocycles. The summed E-state index contributed by atoms with van der Waals surface area (Å²) in [4.78, 5) is 20.1. The number of hydrogen-bond donors (Lipinski definition) is 1. The van der Waals surface area contributed by atoms with Crippen LogP contribution < -0.4 is 5.69 Å². The number of nitrogens with one attached hydrogen (secondary N) is 1. The van der Waals surface area contributed by atoms with Crippen LogP contribution >= 0.6 is 0 Å². The van der Waals surface area contributed by atoms with E-state index in [0.717, 1.165) is 12.1 Å². The van der Waals surface area contributed by atoms with Crippen LogP contribution in [0, 0.1) is 0 Å². The van der Waals surface area contributed by atoms with Gasteiger partial charge >= 0.3 is 5.69 Å². The van der Waals surface area contributed by atoms with Crippen molar-refractivity contribution in [3.63, 3.8) is 0 Å². The number of nitrogens with zero attached hydrogens (tertiary/aromatic N) is 2. The molecule has 0 aliphatic carbocycles.